The smallest absolute Gasteiger partial charge is 0.0541 e. The summed E-state index contributed by atoms with van der Waals surface area (Å²) in [5.41, 5.74) is 24.2. The van der Waals surface area contributed by atoms with E-state index in [1.165, 1.54) is 127 Å². The number of para-hydroxylation sites is 3. The number of hydrogen-bond acceptors (Lipinski definition) is 0. The molecule has 0 amide bonds. The van der Waals surface area contributed by atoms with Crippen LogP contribution in [-0.2, 0) is 10.8 Å². The third-order valence-corrected chi connectivity index (χ3v) is 15.2. The Labute approximate surface area is 392 Å². The van der Waals surface area contributed by atoms with Gasteiger partial charge in [0.1, 0.15) is 0 Å². The molecule has 0 fully saturated rings. The van der Waals surface area contributed by atoms with Crippen LogP contribution in [0.3, 0.4) is 0 Å². The Morgan fingerprint density at radius 1 is 0.313 bits per heavy atom. The van der Waals surface area contributed by atoms with Crippen LogP contribution in [0.25, 0.3) is 102 Å². The van der Waals surface area contributed by atoms with Gasteiger partial charge in [-0.2, -0.15) is 0 Å². The van der Waals surface area contributed by atoms with E-state index in [9.17, 15) is 0 Å². The molecular formula is C65H50N2. The van der Waals surface area contributed by atoms with Gasteiger partial charge < -0.3 is 9.13 Å². The summed E-state index contributed by atoms with van der Waals surface area (Å²) in [4.78, 5) is 0. The van der Waals surface area contributed by atoms with Gasteiger partial charge in [0.05, 0.1) is 22.1 Å². The molecule has 13 rings (SSSR count). The van der Waals surface area contributed by atoms with E-state index in [4.69, 9.17) is 0 Å². The van der Waals surface area contributed by atoms with Crippen molar-refractivity contribution in [2.24, 2.45) is 0 Å². The molecule has 2 aliphatic rings. The second kappa shape index (κ2) is 14.5. The highest BCUT2D eigenvalue weighted by Crippen LogP contribution is 2.56. The minimum absolute atomic E-state index is 0.134. The maximum Gasteiger partial charge on any atom is 0.0541 e. The van der Waals surface area contributed by atoms with Gasteiger partial charge in [-0.3, -0.25) is 0 Å². The Balaban J connectivity index is 0.795. The Kier molecular flexibility index (Phi) is 8.55. The first-order valence-corrected chi connectivity index (χ1v) is 23.7. The molecule has 0 spiro atoms. The summed E-state index contributed by atoms with van der Waals surface area (Å²) in [5.74, 6) is 0. The third-order valence-electron chi connectivity index (χ3n) is 15.2. The van der Waals surface area contributed by atoms with Crippen molar-refractivity contribution in [3.05, 3.63) is 238 Å². The van der Waals surface area contributed by atoms with Gasteiger partial charge in [0.2, 0.25) is 0 Å². The zero-order valence-electron chi connectivity index (χ0n) is 38.6. The van der Waals surface area contributed by atoms with Crippen LogP contribution < -0.4 is 0 Å². The van der Waals surface area contributed by atoms with Crippen LogP contribution in [0.4, 0.5) is 0 Å². The molecule has 0 saturated carbocycles. The first kappa shape index (κ1) is 39.4. The summed E-state index contributed by atoms with van der Waals surface area (Å²) in [6.07, 6.45) is 9.11. The summed E-state index contributed by atoms with van der Waals surface area (Å²) in [6, 6.07) is 70.0. The van der Waals surface area contributed by atoms with E-state index in [-0.39, 0.29) is 10.8 Å². The van der Waals surface area contributed by atoms with Crippen molar-refractivity contribution < 1.29 is 0 Å². The van der Waals surface area contributed by atoms with Crippen molar-refractivity contribution in [1.82, 2.24) is 9.13 Å². The molecule has 0 radical (unpaired) electrons. The molecule has 2 aliphatic carbocycles. The van der Waals surface area contributed by atoms with Gasteiger partial charge in [-0.15, -0.1) is 0 Å². The van der Waals surface area contributed by atoms with E-state index >= 15 is 0 Å². The van der Waals surface area contributed by atoms with Crippen LogP contribution >= 0.6 is 0 Å². The lowest BCUT2D eigenvalue weighted by Crippen LogP contribution is -2.17. The predicted octanol–water partition coefficient (Wildman–Crippen LogP) is 17.1. The van der Waals surface area contributed by atoms with E-state index in [1.54, 1.807) is 0 Å². The Morgan fingerprint density at radius 2 is 0.687 bits per heavy atom. The molecule has 320 valence electrons. The lowest BCUT2D eigenvalue weighted by atomic mass is 9.79. The molecule has 0 aliphatic heterocycles. The quantitative estimate of drug-likeness (QED) is 0.147. The fraction of sp³-hybridized carbons (Fsp3) is 0.108. The molecule has 2 heterocycles. The molecule has 11 aromatic rings. The van der Waals surface area contributed by atoms with Gasteiger partial charge in [0.25, 0.3) is 0 Å². The minimum atomic E-state index is -0.135. The molecule has 0 N–H and O–H groups in total. The average Bonchev–Trinajstić information content (AvgIpc) is 4.00. The van der Waals surface area contributed by atoms with Gasteiger partial charge in [0, 0.05) is 43.7 Å². The summed E-state index contributed by atoms with van der Waals surface area (Å²) >= 11 is 0. The summed E-state index contributed by atoms with van der Waals surface area (Å²) < 4.78 is 4.76. The van der Waals surface area contributed by atoms with Crippen LogP contribution in [0, 0.1) is 6.92 Å². The largest absolute Gasteiger partial charge is 0.309 e. The van der Waals surface area contributed by atoms with Gasteiger partial charge in [-0.25, -0.2) is 0 Å². The average molecular weight is 859 g/mol. The van der Waals surface area contributed by atoms with Gasteiger partial charge >= 0.3 is 0 Å². The van der Waals surface area contributed by atoms with E-state index in [0.29, 0.717) is 0 Å². The second-order valence-corrected chi connectivity index (χ2v) is 19.9. The second-order valence-electron chi connectivity index (χ2n) is 19.9. The monoisotopic (exact) mass is 858 g/mol. The topological polar surface area (TPSA) is 9.86 Å². The summed E-state index contributed by atoms with van der Waals surface area (Å²) in [7, 11) is 0. The summed E-state index contributed by atoms with van der Waals surface area (Å²) in [6.45, 7) is 11.8. The fourth-order valence-electron chi connectivity index (χ4n) is 11.6. The first-order valence-electron chi connectivity index (χ1n) is 23.7. The first-order chi connectivity index (χ1) is 32.6. The van der Waals surface area contributed by atoms with E-state index in [0.717, 1.165) is 0 Å². The van der Waals surface area contributed by atoms with Crippen molar-refractivity contribution in [3.8, 4) is 33.6 Å². The normalized spacial score (nSPS) is 14.5. The van der Waals surface area contributed by atoms with Crippen LogP contribution in [0.15, 0.2) is 188 Å². The van der Waals surface area contributed by atoms with Crippen LogP contribution in [0.2, 0.25) is 0 Å². The number of nitrogens with zero attached hydrogens (tertiary/aromatic N) is 2. The Morgan fingerprint density at radius 3 is 1.16 bits per heavy atom. The highest BCUT2D eigenvalue weighted by atomic mass is 15.0. The highest BCUT2D eigenvalue weighted by molar-refractivity contribution is 6.11. The molecule has 0 atom stereocenters. The lowest BCUT2D eigenvalue weighted by molar-refractivity contribution is 0.652. The predicted molar refractivity (Wildman–Crippen MR) is 286 cm³/mol. The van der Waals surface area contributed by atoms with Crippen molar-refractivity contribution in [2.45, 2.75) is 45.4 Å². The molecule has 0 unspecified atom stereocenters. The number of aryl methyl sites for hydroxylation is 1. The zero-order chi connectivity index (χ0) is 45.2. The maximum absolute atomic E-state index is 2.52. The van der Waals surface area contributed by atoms with Crippen molar-refractivity contribution in [3.63, 3.8) is 0 Å². The van der Waals surface area contributed by atoms with Crippen molar-refractivity contribution in [1.29, 1.82) is 0 Å². The molecule has 9 aromatic carbocycles. The molecule has 2 heteroatoms. The number of fused-ring (bicyclic) bond motifs is 12. The number of aromatic nitrogens is 2. The zero-order valence-corrected chi connectivity index (χ0v) is 38.6. The van der Waals surface area contributed by atoms with E-state index in [2.05, 4.69) is 256 Å². The van der Waals surface area contributed by atoms with E-state index < -0.39 is 0 Å². The van der Waals surface area contributed by atoms with Crippen LogP contribution in [-0.4, -0.2) is 9.13 Å². The van der Waals surface area contributed by atoms with Crippen LogP contribution in [0.1, 0.15) is 77.8 Å². The summed E-state index contributed by atoms with van der Waals surface area (Å²) in [5, 5.41) is 5.08. The van der Waals surface area contributed by atoms with Crippen molar-refractivity contribution in [2.75, 3.05) is 0 Å². The standard InChI is InChI=1S/C65H50N2/c1-41-19-29-47(30-20-41)67-61-18-12-10-16-51(61)55-36-43(28-34-63(55)67)22-24-45-26-32-49-53-40-58-52(39-59(53)65(4,5)57(49)38-45)48-31-25-44(37-56(48)64(58,2)3)23-21-42-27-33-62-54(35-42)50-15-9-11-17-60(50)66(62)46-13-7-6-8-14-46/h6-40H,1-5H3. The van der Waals surface area contributed by atoms with Gasteiger partial charge in [0.15, 0.2) is 0 Å². The fourth-order valence-corrected chi connectivity index (χ4v) is 11.6. The molecular weight excluding hydrogens is 809 g/mol. The maximum atomic E-state index is 2.52. The number of benzene rings is 9. The molecule has 2 nitrogen and oxygen atoms in total. The lowest BCUT2D eigenvalue weighted by Gasteiger charge is -2.24. The molecule has 0 bridgehead atoms. The third kappa shape index (κ3) is 6.02. The molecule has 67 heavy (non-hydrogen) atoms. The van der Waals surface area contributed by atoms with Gasteiger partial charge in [-0.1, -0.05) is 173 Å². The van der Waals surface area contributed by atoms with Gasteiger partial charge in [-0.05, 0) is 146 Å². The minimum Gasteiger partial charge on any atom is -0.309 e. The van der Waals surface area contributed by atoms with E-state index in [1.807, 2.05) is 0 Å². The van der Waals surface area contributed by atoms with Crippen LogP contribution in [0.5, 0.6) is 0 Å². The molecule has 0 saturated heterocycles. The number of hydrogen-bond donors (Lipinski definition) is 0. The SMILES string of the molecule is Cc1ccc(-n2c3ccccc3c3cc(C=Cc4ccc5c(c4)C(C)(C)c4cc6c(cc4-5)C(C)(C)c4cc(C=Cc5ccc7c(c5)c5ccccc5n7-c5ccccc5)ccc4-6)ccc32)cc1. The highest BCUT2D eigenvalue weighted by Gasteiger charge is 2.41. The number of rotatable bonds is 6. The van der Waals surface area contributed by atoms with Crippen molar-refractivity contribution >= 4 is 67.9 Å². The Hall–Kier alpha value is -7.94. The Bertz CT molecular complexity index is 3900. The molecule has 2 aromatic heterocycles.